The molecule has 1 aromatic carbocycles. The van der Waals surface area contributed by atoms with E-state index in [2.05, 4.69) is 15.9 Å². The maximum atomic E-state index is 12.0. The van der Waals surface area contributed by atoms with Crippen molar-refractivity contribution < 1.29 is 14.3 Å². The number of rotatable bonds is 4. The van der Waals surface area contributed by atoms with Crippen molar-refractivity contribution in [1.82, 2.24) is 0 Å². The van der Waals surface area contributed by atoms with Crippen LogP contribution in [0.1, 0.15) is 30.6 Å². The van der Waals surface area contributed by atoms with Crippen LogP contribution in [0.2, 0.25) is 0 Å². The number of nitrogens with zero attached hydrogens (tertiary/aromatic N) is 1. The number of ether oxygens (including phenoxy) is 1. The van der Waals surface area contributed by atoms with E-state index in [-0.39, 0.29) is 5.60 Å². The van der Waals surface area contributed by atoms with Gasteiger partial charge in [-0.2, -0.15) is 0 Å². The fraction of sp³-hybridized carbons (Fsp3) is 0.429. The van der Waals surface area contributed by atoms with Gasteiger partial charge in [0.1, 0.15) is 0 Å². The third-order valence-corrected chi connectivity index (χ3v) is 4.07. The van der Waals surface area contributed by atoms with Crippen molar-refractivity contribution in [3.05, 3.63) is 28.2 Å². The highest BCUT2D eigenvalue weighted by atomic mass is 79.9. The Kier molecular flexibility index (Phi) is 3.78. The highest BCUT2D eigenvalue weighted by Gasteiger charge is 2.37. The lowest BCUT2D eigenvalue weighted by Crippen LogP contribution is -2.35. The molecule has 0 aliphatic carbocycles. The van der Waals surface area contributed by atoms with E-state index in [0.29, 0.717) is 24.2 Å². The van der Waals surface area contributed by atoms with Gasteiger partial charge >= 0.3 is 0 Å². The van der Waals surface area contributed by atoms with Crippen molar-refractivity contribution >= 4 is 33.3 Å². The van der Waals surface area contributed by atoms with Crippen LogP contribution < -0.4 is 4.90 Å². The van der Waals surface area contributed by atoms with E-state index in [4.69, 9.17) is 4.74 Å². The van der Waals surface area contributed by atoms with E-state index in [1.165, 1.54) is 4.90 Å². The van der Waals surface area contributed by atoms with Gasteiger partial charge in [-0.25, -0.2) is 0 Å². The second-order valence-corrected chi connectivity index (χ2v) is 5.99. The Morgan fingerprint density at radius 2 is 2.00 bits per heavy atom. The van der Waals surface area contributed by atoms with Crippen molar-refractivity contribution in [2.45, 2.75) is 25.9 Å². The lowest BCUT2D eigenvalue weighted by molar-refractivity contribution is -0.114. The molecule has 0 radical (unpaired) electrons. The van der Waals surface area contributed by atoms with Crippen LogP contribution in [0.25, 0.3) is 0 Å². The van der Waals surface area contributed by atoms with Crippen molar-refractivity contribution in [1.29, 1.82) is 0 Å². The summed E-state index contributed by atoms with van der Waals surface area (Å²) in [7, 11) is 1.64. The molecule has 0 spiro atoms. The summed E-state index contributed by atoms with van der Waals surface area (Å²) in [6, 6.07) is 5.28. The SMILES string of the molecule is COC(C)(C)CCN1C(=O)C(=O)c2cccc(Br)c21. The normalized spacial score (nSPS) is 15.1. The first-order chi connectivity index (χ1) is 8.87. The maximum absolute atomic E-state index is 12.0. The largest absolute Gasteiger partial charge is 0.379 e. The number of benzene rings is 1. The van der Waals surface area contributed by atoms with Gasteiger partial charge in [0.2, 0.25) is 0 Å². The molecular weight excluding hydrogens is 310 g/mol. The first-order valence-electron chi connectivity index (χ1n) is 6.07. The summed E-state index contributed by atoms with van der Waals surface area (Å²) in [6.07, 6.45) is 0.656. The van der Waals surface area contributed by atoms with Crippen molar-refractivity contribution in [2.24, 2.45) is 0 Å². The van der Waals surface area contributed by atoms with Gasteiger partial charge in [-0.15, -0.1) is 0 Å². The number of amides is 1. The topological polar surface area (TPSA) is 46.6 Å². The Balaban J connectivity index is 2.29. The summed E-state index contributed by atoms with van der Waals surface area (Å²) >= 11 is 3.40. The molecule has 1 heterocycles. The molecule has 0 saturated carbocycles. The number of carbonyl (C=O) groups is 2. The maximum Gasteiger partial charge on any atom is 0.299 e. The predicted octanol–water partition coefficient (Wildman–Crippen LogP) is 2.79. The Hall–Kier alpha value is -1.20. The smallest absolute Gasteiger partial charge is 0.299 e. The van der Waals surface area contributed by atoms with Gasteiger partial charge in [-0.05, 0) is 48.3 Å². The number of halogens is 1. The zero-order chi connectivity index (χ0) is 14.2. The zero-order valence-electron chi connectivity index (χ0n) is 11.2. The van der Waals surface area contributed by atoms with E-state index in [0.717, 1.165) is 4.47 Å². The second kappa shape index (κ2) is 5.06. The Labute approximate surface area is 120 Å². The average Bonchev–Trinajstić information content (AvgIpc) is 2.62. The minimum absolute atomic E-state index is 0.326. The fourth-order valence-corrected chi connectivity index (χ4v) is 2.59. The van der Waals surface area contributed by atoms with E-state index < -0.39 is 11.7 Å². The molecule has 0 bridgehead atoms. The first kappa shape index (κ1) is 14.2. The number of methoxy groups -OCH3 is 1. The van der Waals surface area contributed by atoms with Crippen LogP contribution in [0.3, 0.4) is 0 Å². The van der Waals surface area contributed by atoms with Crippen LogP contribution in [0.5, 0.6) is 0 Å². The highest BCUT2D eigenvalue weighted by molar-refractivity contribution is 9.10. The fourth-order valence-electron chi connectivity index (χ4n) is 2.01. The monoisotopic (exact) mass is 325 g/mol. The van der Waals surface area contributed by atoms with Gasteiger partial charge in [0.15, 0.2) is 0 Å². The zero-order valence-corrected chi connectivity index (χ0v) is 12.8. The second-order valence-electron chi connectivity index (χ2n) is 5.14. The van der Waals surface area contributed by atoms with Gasteiger partial charge in [-0.3, -0.25) is 9.59 Å². The number of para-hydroxylation sites is 1. The number of hydrogen-bond donors (Lipinski definition) is 0. The molecule has 4 nitrogen and oxygen atoms in total. The molecule has 5 heteroatoms. The Bertz CT molecular complexity index is 539. The average molecular weight is 326 g/mol. The van der Waals surface area contributed by atoms with Crippen LogP contribution >= 0.6 is 15.9 Å². The summed E-state index contributed by atoms with van der Waals surface area (Å²) in [5.41, 5.74) is 0.812. The highest BCUT2D eigenvalue weighted by Crippen LogP contribution is 2.36. The molecule has 0 aromatic heterocycles. The quantitative estimate of drug-likeness (QED) is 0.800. The lowest BCUT2D eigenvalue weighted by Gasteiger charge is -2.26. The molecule has 0 unspecified atom stereocenters. The molecule has 102 valence electrons. The minimum Gasteiger partial charge on any atom is -0.379 e. The molecule has 1 aliphatic heterocycles. The van der Waals surface area contributed by atoms with Gasteiger partial charge in [-0.1, -0.05) is 6.07 Å². The van der Waals surface area contributed by atoms with Crippen molar-refractivity contribution in [3.63, 3.8) is 0 Å². The summed E-state index contributed by atoms with van der Waals surface area (Å²) < 4.78 is 6.11. The number of anilines is 1. The summed E-state index contributed by atoms with van der Waals surface area (Å²) in [6.45, 7) is 4.37. The van der Waals surface area contributed by atoms with Crippen LogP contribution in [-0.2, 0) is 9.53 Å². The standard InChI is InChI=1S/C14H16BrNO3/c1-14(2,19-3)7-8-16-11-9(12(17)13(16)18)5-4-6-10(11)15/h4-6H,7-8H2,1-3H3. The Morgan fingerprint density at radius 1 is 1.32 bits per heavy atom. The van der Waals surface area contributed by atoms with Gasteiger partial charge in [0, 0.05) is 18.1 Å². The van der Waals surface area contributed by atoms with Crippen LogP contribution in [-0.4, -0.2) is 30.9 Å². The van der Waals surface area contributed by atoms with Crippen LogP contribution in [0.4, 0.5) is 5.69 Å². The molecule has 1 amide bonds. The number of Topliss-reactive ketones (excluding diaryl/α,β-unsaturated/α-hetero) is 1. The molecule has 0 atom stereocenters. The van der Waals surface area contributed by atoms with Gasteiger partial charge in [0.25, 0.3) is 11.7 Å². The van der Waals surface area contributed by atoms with E-state index in [1.54, 1.807) is 19.2 Å². The molecule has 1 aromatic rings. The van der Waals surface area contributed by atoms with Crippen molar-refractivity contribution in [2.75, 3.05) is 18.6 Å². The molecule has 0 N–H and O–H groups in total. The molecule has 0 saturated heterocycles. The third-order valence-electron chi connectivity index (χ3n) is 3.43. The van der Waals surface area contributed by atoms with Crippen LogP contribution in [0.15, 0.2) is 22.7 Å². The van der Waals surface area contributed by atoms with Gasteiger partial charge in [0.05, 0.1) is 16.9 Å². The molecule has 19 heavy (non-hydrogen) atoms. The minimum atomic E-state index is -0.464. The van der Waals surface area contributed by atoms with E-state index in [9.17, 15) is 9.59 Å². The lowest BCUT2D eigenvalue weighted by atomic mass is 10.1. The predicted molar refractivity (Wildman–Crippen MR) is 76.5 cm³/mol. The molecule has 0 fully saturated rings. The van der Waals surface area contributed by atoms with E-state index in [1.807, 2.05) is 19.9 Å². The van der Waals surface area contributed by atoms with Crippen LogP contribution in [0, 0.1) is 0 Å². The molecule has 2 rings (SSSR count). The Morgan fingerprint density at radius 3 is 2.63 bits per heavy atom. The number of hydrogen-bond acceptors (Lipinski definition) is 3. The first-order valence-corrected chi connectivity index (χ1v) is 6.86. The summed E-state index contributed by atoms with van der Waals surface area (Å²) in [5.74, 6) is -0.902. The number of carbonyl (C=O) groups excluding carboxylic acids is 2. The van der Waals surface area contributed by atoms with E-state index >= 15 is 0 Å². The number of ketones is 1. The third kappa shape index (κ3) is 2.58. The molecule has 1 aliphatic rings. The summed E-state index contributed by atoms with van der Waals surface area (Å²) in [4.78, 5) is 25.5. The van der Waals surface area contributed by atoms with Gasteiger partial charge < -0.3 is 9.64 Å². The summed E-state index contributed by atoms with van der Waals surface area (Å²) in [5, 5.41) is 0. The molecular formula is C14H16BrNO3. The number of fused-ring (bicyclic) bond motifs is 1. The van der Waals surface area contributed by atoms with Crippen molar-refractivity contribution in [3.8, 4) is 0 Å².